The zero-order valence-corrected chi connectivity index (χ0v) is 7.90. The standard InChI is InChI=1S/C11H15NO/c1-9-3-2-4-10(5-9)6-12-7-11(13)8-12/h2-5,11,13H,6-8H2,1H3. The molecule has 13 heavy (non-hydrogen) atoms. The second-order valence-electron chi connectivity index (χ2n) is 3.84. The summed E-state index contributed by atoms with van der Waals surface area (Å²) in [7, 11) is 0. The molecule has 0 unspecified atom stereocenters. The lowest BCUT2D eigenvalue weighted by Crippen LogP contribution is -2.49. The number of rotatable bonds is 2. The molecule has 1 saturated heterocycles. The fourth-order valence-corrected chi connectivity index (χ4v) is 1.74. The van der Waals surface area contributed by atoms with E-state index < -0.39 is 0 Å². The maximum absolute atomic E-state index is 9.11. The largest absolute Gasteiger partial charge is 0.390 e. The van der Waals surface area contributed by atoms with Gasteiger partial charge in [0.05, 0.1) is 6.10 Å². The molecule has 2 heteroatoms. The van der Waals surface area contributed by atoms with Gasteiger partial charge in [0, 0.05) is 19.6 Å². The molecule has 0 atom stereocenters. The fraction of sp³-hybridized carbons (Fsp3) is 0.455. The van der Waals surface area contributed by atoms with Crippen LogP contribution in [0.5, 0.6) is 0 Å². The first-order chi connectivity index (χ1) is 6.24. The molecule has 0 spiro atoms. The van der Waals surface area contributed by atoms with Crippen LogP contribution < -0.4 is 0 Å². The number of aliphatic hydroxyl groups excluding tert-OH is 1. The Bertz CT molecular complexity index is 292. The molecular weight excluding hydrogens is 162 g/mol. The Balaban J connectivity index is 1.94. The van der Waals surface area contributed by atoms with Crippen molar-refractivity contribution in [1.29, 1.82) is 0 Å². The van der Waals surface area contributed by atoms with E-state index in [1.165, 1.54) is 11.1 Å². The van der Waals surface area contributed by atoms with E-state index in [1.807, 2.05) is 0 Å². The molecule has 1 fully saturated rings. The normalized spacial score (nSPS) is 18.6. The van der Waals surface area contributed by atoms with Crippen molar-refractivity contribution < 1.29 is 5.11 Å². The van der Waals surface area contributed by atoms with Crippen molar-refractivity contribution in [2.75, 3.05) is 13.1 Å². The minimum Gasteiger partial charge on any atom is -0.390 e. The molecule has 0 amide bonds. The number of benzene rings is 1. The molecule has 0 aliphatic carbocycles. The van der Waals surface area contributed by atoms with Crippen molar-refractivity contribution >= 4 is 0 Å². The van der Waals surface area contributed by atoms with Gasteiger partial charge < -0.3 is 5.11 Å². The Hall–Kier alpha value is -0.860. The van der Waals surface area contributed by atoms with Crippen LogP contribution in [0, 0.1) is 6.92 Å². The summed E-state index contributed by atoms with van der Waals surface area (Å²) in [5.41, 5.74) is 2.64. The van der Waals surface area contributed by atoms with Crippen LogP contribution in [0.15, 0.2) is 24.3 Å². The highest BCUT2D eigenvalue weighted by molar-refractivity contribution is 5.22. The second kappa shape index (κ2) is 3.48. The molecule has 1 aromatic carbocycles. The number of aryl methyl sites for hydroxylation is 1. The van der Waals surface area contributed by atoms with Crippen LogP contribution in [-0.4, -0.2) is 29.2 Å². The van der Waals surface area contributed by atoms with Crippen molar-refractivity contribution in [2.24, 2.45) is 0 Å². The minimum absolute atomic E-state index is 0.0928. The van der Waals surface area contributed by atoms with E-state index in [0.717, 1.165) is 19.6 Å². The lowest BCUT2D eigenvalue weighted by Gasteiger charge is -2.35. The first-order valence-corrected chi connectivity index (χ1v) is 4.70. The molecule has 70 valence electrons. The predicted molar refractivity (Wildman–Crippen MR) is 52.5 cm³/mol. The quantitative estimate of drug-likeness (QED) is 0.733. The maximum atomic E-state index is 9.11. The van der Waals surface area contributed by atoms with E-state index >= 15 is 0 Å². The number of nitrogens with zero attached hydrogens (tertiary/aromatic N) is 1. The number of aliphatic hydroxyl groups is 1. The summed E-state index contributed by atoms with van der Waals surface area (Å²) in [5.74, 6) is 0. The summed E-state index contributed by atoms with van der Waals surface area (Å²) >= 11 is 0. The monoisotopic (exact) mass is 177 g/mol. The number of β-amino-alcohol motifs (C(OH)–C–C–N with tert-alkyl or cyclic N) is 1. The van der Waals surface area contributed by atoms with E-state index in [2.05, 4.69) is 36.1 Å². The van der Waals surface area contributed by atoms with Crippen LogP contribution in [0.25, 0.3) is 0 Å². The van der Waals surface area contributed by atoms with Crippen LogP contribution in [0.3, 0.4) is 0 Å². The third kappa shape index (κ3) is 2.08. The lowest BCUT2D eigenvalue weighted by molar-refractivity contribution is -0.00286. The summed E-state index contributed by atoms with van der Waals surface area (Å²) in [5, 5.41) is 9.11. The average Bonchev–Trinajstić information content (AvgIpc) is 2.01. The van der Waals surface area contributed by atoms with E-state index in [1.54, 1.807) is 0 Å². The Kier molecular flexibility index (Phi) is 2.34. The van der Waals surface area contributed by atoms with Crippen molar-refractivity contribution in [3.63, 3.8) is 0 Å². The number of hydrogen-bond donors (Lipinski definition) is 1. The van der Waals surface area contributed by atoms with Gasteiger partial charge in [0.15, 0.2) is 0 Å². The van der Waals surface area contributed by atoms with Gasteiger partial charge in [-0.1, -0.05) is 29.8 Å². The molecule has 2 rings (SSSR count). The van der Waals surface area contributed by atoms with Crippen LogP contribution >= 0.6 is 0 Å². The van der Waals surface area contributed by atoms with Gasteiger partial charge in [-0.25, -0.2) is 0 Å². The van der Waals surface area contributed by atoms with E-state index in [0.29, 0.717) is 0 Å². The molecule has 1 heterocycles. The highest BCUT2D eigenvalue weighted by Crippen LogP contribution is 2.13. The first-order valence-electron chi connectivity index (χ1n) is 4.70. The fourth-order valence-electron chi connectivity index (χ4n) is 1.74. The first kappa shape index (κ1) is 8.73. The topological polar surface area (TPSA) is 23.5 Å². The Morgan fingerprint density at radius 1 is 1.46 bits per heavy atom. The number of hydrogen-bond acceptors (Lipinski definition) is 2. The van der Waals surface area contributed by atoms with Crippen molar-refractivity contribution in [2.45, 2.75) is 19.6 Å². The van der Waals surface area contributed by atoms with Gasteiger partial charge in [-0.2, -0.15) is 0 Å². The Labute approximate surface area is 78.8 Å². The summed E-state index contributed by atoms with van der Waals surface area (Å²) in [6.45, 7) is 4.73. The summed E-state index contributed by atoms with van der Waals surface area (Å²) < 4.78 is 0. The summed E-state index contributed by atoms with van der Waals surface area (Å²) in [6.07, 6.45) is -0.0928. The molecule has 2 nitrogen and oxygen atoms in total. The lowest BCUT2D eigenvalue weighted by atomic mass is 10.1. The Morgan fingerprint density at radius 2 is 2.23 bits per heavy atom. The molecule has 1 aliphatic rings. The van der Waals surface area contributed by atoms with Gasteiger partial charge >= 0.3 is 0 Å². The van der Waals surface area contributed by atoms with Crippen LogP contribution in [0.1, 0.15) is 11.1 Å². The molecular formula is C11H15NO. The average molecular weight is 177 g/mol. The van der Waals surface area contributed by atoms with Crippen molar-refractivity contribution in [1.82, 2.24) is 4.90 Å². The SMILES string of the molecule is Cc1cccc(CN2CC(O)C2)c1. The van der Waals surface area contributed by atoms with Gasteiger partial charge in [0.25, 0.3) is 0 Å². The van der Waals surface area contributed by atoms with Crippen LogP contribution in [0.2, 0.25) is 0 Å². The highest BCUT2D eigenvalue weighted by Gasteiger charge is 2.23. The molecule has 0 saturated carbocycles. The van der Waals surface area contributed by atoms with Crippen LogP contribution in [0.4, 0.5) is 0 Å². The molecule has 1 aliphatic heterocycles. The van der Waals surface area contributed by atoms with Crippen molar-refractivity contribution in [3.8, 4) is 0 Å². The summed E-state index contributed by atoms with van der Waals surface area (Å²) in [4.78, 5) is 2.25. The van der Waals surface area contributed by atoms with Gasteiger partial charge in [-0.3, -0.25) is 4.90 Å². The number of likely N-dealkylation sites (tertiary alicyclic amines) is 1. The minimum atomic E-state index is -0.0928. The smallest absolute Gasteiger partial charge is 0.0794 e. The van der Waals surface area contributed by atoms with E-state index in [4.69, 9.17) is 5.11 Å². The van der Waals surface area contributed by atoms with E-state index in [9.17, 15) is 0 Å². The van der Waals surface area contributed by atoms with Gasteiger partial charge in [-0.05, 0) is 12.5 Å². The maximum Gasteiger partial charge on any atom is 0.0794 e. The molecule has 0 radical (unpaired) electrons. The molecule has 1 aromatic rings. The summed E-state index contributed by atoms with van der Waals surface area (Å²) in [6, 6.07) is 8.53. The zero-order valence-electron chi connectivity index (χ0n) is 7.90. The Morgan fingerprint density at radius 3 is 2.85 bits per heavy atom. The van der Waals surface area contributed by atoms with Gasteiger partial charge in [0.2, 0.25) is 0 Å². The second-order valence-corrected chi connectivity index (χ2v) is 3.84. The molecule has 1 N–H and O–H groups in total. The highest BCUT2D eigenvalue weighted by atomic mass is 16.3. The molecule has 0 bridgehead atoms. The third-order valence-electron chi connectivity index (χ3n) is 2.43. The van der Waals surface area contributed by atoms with Crippen molar-refractivity contribution in [3.05, 3.63) is 35.4 Å². The molecule has 0 aromatic heterocycles. The third-order valence-corrected chi connectivity index (χ3v) is 2.43. The van der Waals surface area contributed by atoms with Crippen LogP contribution in [-0.2, 0) is 6.54 Å². The van der Waals surface area contributed by atoms with E-state index in [-0.39, 0.29) is 6.10 Å². The predicted octanol–water partition coefficient (Wildman–Crippen LogP) is 1.17. The van der Waals surface area contributed by atoms with Gasteiger partial charge in [0.1, 0.15) is 0 Å². The van der Waals surface area contributed by atoms with Gasteiger partial charge in [-0.15, -0.1) is 0 Å². The zero-order chi connectivity index (χ0) is 9.26.